The molecule has 142 valence electrons. The van der Waals surface area contributed by atoms with E-state index >= 15 is 0 Å². The molecule has 0 bridgehead atoms. The SMILES string of the molecule is c1ccc2c(c1)nc1n2CN(n2cnnc2)CN1CCCN1CCOCC1. The van der Waals surface area contributed by atoms with Crippen LogP contribution in [0.4, 0.5) is 5.95 Å². The highest BCUT2D eigenvalue weighted by Crippen LogP contribution is 2.26. The van der Waals surface area contributed by atoms with Gasteiger partial charge in [0.05, 0.1) is 24.2 Å². The number of fused-ring (bicyclic) bond motifs is 3. The standard InChI is InChI=1S/C18H24N8O/c1-2-5-17-16(4-1)21-18-23(7-3-6-22-8-10-27-11-9-22)14-25(15-26(17)18)24-12-19-20-13-24/h1-2,4-5,12-13H,3,6-11,14-15H2. The topological polar surface area (TPSA) is 67.5 Å². The number of imidazole rings is 1. The molecule has 9 heteroatoms. The largest absolute Gasteiger partial charge is 0.379 e. The zero-order valence-electron chi connectivity index (χ0n) is 15.3. The fourth-order valence-corrected chi connectivity index (χ4v) is 3.88. The Morgan fingerprint density at radius 2 is 1.78 bits per heavy atom. The molecule has 0 N–H and O–H groups in total. The zero-order chi connectivity index (χ0) is 18.1. The van der Waals surface area contributed by atoms with E-state index in [0.29, 0.717) is 0 Å². The molecule has 3 aromatic rings. The number of anilines is 1. The van der Waals surface area contributed by atoms with Gasteiger partial charge in [0.15, 0.2) is 0 Å². The fraction of sp³-hybridized carbons (Fsp3) is 0.500. The molecule has 1 aromatic carbocycles. The minimum absolute atomic E-state index is 0.730. The van der Waals surface area contributed by atoms with E-state index in [1.165, 1.54) is 0 Å². The Morgan fingerprint density at radius 3 is 2.63 bits per heavy atom. The highest BCUT2D eigenvalue weighted by Gasteiger charge is 2.26. The first kappa shape index (κ1) is 16.5. The van der Waals surface area contributed by atoms with Crippen LogP contribution >= 0.6 is 0 Å². The average molecular weight is 368 g/mol. The average Bonchev–Trinajstić information content (AvgIpc) is 3.37. The Kier molecular flexibility index (Phi) is 4.38. The smallest absolute Gasteiger partial charge is 0.209 e. The number of ether oxygens (including phenoxy) is 1. The van der Waals surface area contributed by atoms with Gasteiger partial charge in [-0.3, -0.25) is 14.5 Å². The van der Waals surface area contributed by atoms with Crippen LogP contribution in [0.1, 0.15) is 6.42 Å². The zero-order valence-corrected chi connectivity index (χ0v) is 15.3. The van der Waals surface area contributed by atoms with Crippen molar-refractivity contribution in [3.63, 3.8) is 0 Å². The quantitative estimate of drug-likeness (QED) is 0.657. The summed E-state index contributed by atoms with van der Waals surface area (Å²) in [7, 11) is 0. The number of hydrogen-bond donors (Lipinski definition) is 0. The Bertz CT molecular complexity index is 886. The maximum absolute atomic E-state index is 5.44. The van der Waals surface area contributed by atoms with Crippen molar-refractivity contribution < 1.29 is 4.74 Å². The van der Waals surface area contributed by atoms with Crippen LogP contribution in [0.5, 0.6) is 0 Å². The molecular formula is C18H24N8O. The second-order valence-corrected chi connectivity index (χ2v) is 7.03. The minimum Gasteiger partial charge on any atom is -0.379 e. The lowest BCUT2D eigenvalue weighted by Gasteiger charge is -2.38. The van der Waals surface area contributed by atoms with Gasteiger partial charge in [0, 0.05) is 26.2 Å². The lowest BCUT2D eigenvalue weighted by atomic mass is 10.3. The van der Waals surface area contributed by atoms with Gasteiger partial charge in [-0.05, 0) is 18.6 Å². The fourth-order valence-electron chi connectivity index (χ4n) is 3.88. The second-order valence-electron chi connectivity index (χ2n) is 7.03. The van der Waals surface area contributed by atoms with Gasteiger partial charge in [-0.15, -0.1) is 10.2 Å². The number of nitrogens with zero attached hydrogens (tertiary/aromatic N) is 8. The van der Waals surface area contributed by atoms with Gasteiger partial charge < -0.3 is 9.64 Å². The number of rotatable bonds is 5. The van der Waals surface area contributed by atoms with Gasteiger partial charge in [0.2, 0.25) is 5.95 Å². The van der Waals surface area contributed by atoms with E-state index in [-0.39, 0.29) is 0 Å². The normalized spacial score (nSPS) is 18.2. The molecule has 0 amide bonds. The molecular weight excluding hydrogens is 344 g/mol. The molecule has 27 heavy (non-hydrogen) atoms. The molecule has 0 spiro atoms. The van der Waals surface area contributed by atoms with Crippen molar-refractivity contribution in [2.45, 2.75) is 13.1 Å². The summed E-state index contributed by atoms with van der Waals surface area (Å²) in [5.74, 6) is 1.04. The van der Waals surface area contributed by atoms with Crippen molar-refractivity contribution in [2.75, 3.05) is 56.0 Å². The van der Waals surface area contributed by atoms with E-state index in [1.807, 2.05) is 10.7 Å². The monoisotopic (exact) mass is 368 g/mol. The van der Waals surface area contributed by atoms with E-state index in [2.05, 4.69) is 47.8 Å². The molecule has 2 aromatic heterocycles. The van der Waals surface area contributed by atoms with E-state index in [1.54, 1.807) is 12.7 Å². The molecule has 0 saturated carbocycles. The molecule has 0 unspecified atom stereocenters. The number of benzene rings is 1. The number of morpholine rings is 1. The summed E-state index contributed by atoms with van der Waals surface area (Å²) in [5, 5.41) is 10.1. The van der Waals surface area contributed by atoms with Gasteiger partial charge in [-0.2, -0.15) is 0 Å². The van der Waals surface area contributed by atoms with Crippen LogP contribution in [0.25, 0.3) is 11.0 Å². The van der Waals surface area contributed by atoms with Crippen LogP contribution in [0, 0.1) is 0 Å². The van der Waals surface area contributed by atoms with Crippen molar-refractivity contribution in [1.82, 2.24) is 29.3 Å². The summed E-state index contributed by atoms with van der Waals surface area (Å²) >= 11 is 0. The molecule has 9 nitrogen and oxygen atoms in total. The number of para-hydroxylation sites is 2. The Hall–Kier alpha value is -2.65. The molecule has 1 saturated heterocycles. The Morgan fingerprint density at radius 1 is 0.963 bits per heavy atom. The molecule has 2 aliphatic rings. The first-order valence-electron chi connectivity index (χ1n) is 9.49. The summed E-state index contributed by atoms with van der Waals surface area (Å²) < 4.78 is 9.67. The predicted octanol–water partition coefficient (Wildman–Crippen LogP) is 0.723. The van der Waals surface area contributed by atoms with Crippen LogP contribution < -0.4 is 9.91 Å². The number of aromatic nitrogens is 5. The van der Waals surface area contributed by atoms with Gasteiger partial charge >= 0.3 is 0 Å². The molecule has 0 atom stereocenters. The van der Waals surface area contributed by atoms with Crippen molar-refractivity contribution >= 4 is 17.0 Å². The molecule has 2 aliphatic heterocycles. The first-order chi connectivity index (χ1) is 13.4. The molecule has 5 rings (SSSR count). The lowest BCUT2D eigenvalue weighted by Crippen LogP contribution is -2.50. The van der Waals surface area contributed by atoms with Crippen LogP contribution in [0.3, 0.4) is 0 Å². The van der Waals surface area contributed by atoms with Gasteiger partial charge in [0.25, 0.3) is 0 Å². The summed E-state index contributed by atoms with van der Waals surface area (Å²) in [6, 6.07) is 8.32. The van der Waals surface area contributed by atoms with Crippen LogP contribution in [-0.2, 0) is 11.4 Å². The third kappa shape index (κ3) is 3.24. The maximum atomic E-state index is 5.44. The minimum atomic E-state index is 0.730. The highest BCUT2D eigenvalue weighted by atomic mass is 16.5. The van der Waals surface area contributed by atoms with Gasteiger partial charge in [-0.25, -0.2) is 9.66 Å². The Balaban J connectivity index is 1.37. The van der Waals surface area contributed by atoms with Crippen LogP contribution in [0.2, 0.25) is 0 Å². The summed E-state index contributed by atoms with van der Waals surface area (Å²) in [6.07, 6.45) is 4.59. The van der Waals surface area contributed by atoms with E-state index < -0.39 is 0 Å². The summed E-state index contributed by atoms with van der Waals surface area (Å²) in [6.45, 7) is 7.31. The lowest BCUT2D eigenvalue weighted by molar-refractivity contribution is 0.0376. The first-order valence-corrected chi connectivity index (χ1v) is 9.49. The molecule has 0 radical (unpaired) electrons. The van der Waals surface area contributed by atoms with Crippen molar-refractivity contribution in [2.24, 2.45) is 0 Å². The summed E-state index contributed by atoms with van der Waals surface area (Å²) in [4.78, 5) is 9.74. The number of hydrogen-bond acceptors (Lipinski definition) is 7. The third-order valence-electron chi connectivity index (χ3n) is 5.30. The van der Waals surface area contributed by atoms with E-state index in [9.17, 15) is 0 Å². The molecule has 4 heterocycles. The van der Waals surface area contributed by atoms with Crippen LogP contribution in [-0.4, -0.2) is 75.4 Å². The maximum Gasteiger partial charge on any atom is 0.209 e. The summed E-state index contributed by atoms with van der Waals surface area (Å²) in [5.41, 5.74) is 2.19. The van der Waals surface area contributed by atoms with Crippen molar-refractivity contribution in [1.29, 1.82) is 0 Å². The van der Waals surface area contributed by atoms with Gasteiger partial charge in [-0.1, -0.05) is 12.1 Å². The second kappa shape index (κ2) is 7.16. The van der Waals surface area contributed by atoms with Crippen molar-refractivity contribution in [3.05, 3.63) is 36.9 Å². The molecule has 0 aliphatic carbocycles. The van der Waals surface area contributed by atoms with Gasteiger partial charge in [0.1, 0.15) is 26.0 Å². The van der Waals surface area contributed by atoms with E-state index in [0.717, 1.165) is 76.1 Å². The highest BCUT2D eigenvalue weighted by molar-refractivity contribution is 5.79. The van der Waals surface area contributed by atoms with E-state index in [4.69, 9.17) is 9.72 Å². The Labute approximate surface area is 157 Å². The van der Waals surface area contributed by atoms with Crippen LogP contribution in [0.15, 0.2) is 36.9 Å². The predicted molar refractivity (Wildman–Crippen MR) is 102 cm³/mol. The third-order valence-corrected chi connectivity index (χ3v) is 5.30. The molecule has 1 fully saturated rings. The van der Waals surface area contributed by atoms with Crippen molar-refractivity contribution in [3.8, 4) is 0 Å².